The summed E-state index contributed by atoms with van der Waals surface area (Å²) >= 11 is 4.42. The summed E-state index contributed by atoms with van der Waals surface area (Å²) in [7, 11) is 1.45. The van der Waals surface area contributed by atoms with Gasteiger partial charge in [-0.15, -0.1) is 0 Å². The smallest absolute Gasteiger partial charge is 0.264 e. The van der Waals surface area contributed by atoms with Gasteiger partial charge in [0.2, 0.25) is 0 Å². The number of phenolic OH excluding ortho intramolecular Hbond substituents is 1. The molecule has 1 heterocycles. The molecule has 0 atom stereocenters. The van der Waals surface area contributed by atoms with Gasteiger partial charge in [-0.2, -0.15) is 0 Å². The second-order valence-electron chi connectivity index (χ2n) is 5.01. The van der Waals surface area contributed by atoms with Gasteiger partial charge in [-0.25, -0.2) is 9.38 Å². The predicted octanol–water partition coefficient (Wildman–Crippen LogP) is 4.19. The van der Waals surface area contributed by atoms with Gasteiger partial charge in [-0.05, 0) is 75.7 Å². The van der Waals surface area contributed by atoms with Crippen molar-refractivity contribution < 1.29 is 19.0 Å². The van der Waals surface area contributed by atoms with E-state index in [1.54, 1.807) is 18.2 Å². The fourth-order valence-corrected chi connectivity index (χ4v) is 3.40. The number of amidine groups is 1. The van der Waals surface area contributed by atoms with Crippen molar-refractivity contribution in [2.75, 3.05) is 7.11 Å². The van der Waals surface area contributed by atoms with Crippen LogP contribution in [0, 0.1) is 5.82 Å². The zero-order chi connectivity index (χ0) is 18.0. The van der Waals surface area contributed by atoms with Crippen LogP contribution in [0.3, 0.4) is 0 Å². The van der Waals surface area contributed by atoms with Gasteiger partial charge in [0, 0.05) is 0 Å². The maximum atomic E-state index is 12.9. The number of nitrogens with one attached hydrogen (secondary N) is 1. The third-order valence-electron chi connectivity index (χ3n) is 3.28. The van der Waals surface area contributed by atoms with Gasteiger partial charge in [-0.3, -0.25) is 4.79 Å². The zero-order valence-electron chi connectivity index (χ0n) is 12.9. The van der Waals surface area contributed by atoms with Crippen LogP contribution >= 0.6 is 27.7 Å². The van der Waals surface area contributed by atoms with Gasteiger partial charge in [-0.1, -0.05) is 0 Å². The van der Waals surface area contributed by atoms with E-state index in [1.165, 1.54) is 43.1 Å². The number of aliphatic imine (C=N–C) groups is 1. The lowest BCUT2D eigenvalue weighted by Crippen LogP contribution is -2.19. The Bertz CT molecular complexity index is 898. The van der Waals surface area contributed by atoms with Crippen molar-refractivity contribution in [2.45, 2.75) is 0 Å². The molecule has 2 aromatic rings. The number of halogens is 2. The van der Waals surface area contributed by atoms with Gasteiger partial charge in [0.05, 0.1) is 22.2 Å². The Morgan fingerprint density at radius 3 is 2.72 bits per heavy atom. The normalized spacial score (nSPS) is 17.2. The van der Waals surface area contributed by atoms with E-state index in [-0.39, 0.29) is 17.5 Å². The number of carbonyl (C=O) groups excluding carboxylic acids is 1. The lowest BCUT2D eigenvalue weighted by molar-refractivity contribution is -0.115. The first-order valence-corrected chi connectivity index (χ1v) is 8.69. The van der Waals surface area contributed by atoms with E-state index in [0.717, 1.165) is 0 Å². The van der Waals surface area contributed by atoms with Crippen LogP contribution in [-0.2, 0) is 4.79 Å². The summed E-state index contributed by atoms with van der Waals surface area (Å²) in [4.78, 5) is 16.8. The number of carbonyl (C=O) groups is 1. The van der Waals surface area contributed by atoms with Crippen LogP contribution in [0.4, 0.5) is 10.1 Å². The molecular formula is C17H12BrFN2O3S. The molecule has 0 bridgehead atoms. The van der Waals surface area contributed by atoms with Crippen molar-refractivity contribution in [1.29, 1.82) is 0 Å². The lowest BCUT2D eigenvalue weighted by atomic mass is 10.2. The van der Waals surface area contributed by atoms with E-state index in [0.29, 0.717) is 31.5 Å². The standard InChI is InChI=1S/C17H12BrFN2O3S/c1-24-13-7-9(6-12(18)15(13)22)8-14-16(23)21-17(25-14)20-11-4-2-10(19)3-5-11/h2-8,22H,1H3,(H,20,21,23)/b14-8+. The van der Waals surface area contributed by atoms with Crippen molar-refractivity contribution >= 4 is 50.5 Å². The van der Waals surface area contributed by atoms with Crippen molar-refractivity contribution in [2.24, 2.45) is 4.99 Å². The largest absolute Gasteiger partial charge is 0.503 e. The van der Waals surface area contributed by atoms with Crippen LogP contribution in [0.1, 0.15) is 5.56 Å². The first-order valence-electron chi connectivity index (χ1n) is 7.08. The summed E-state index contributed by atoms with van der Waals surface area (Å²) in [6.45, 7) is 0. The SMILES string of the molecule is COc1cc(/C=C2/SC(=Nc3ccc(F)cc3)NC2=O)cc(Br)c1O. The van der Waals surface area contributed by atoms with Crippen molar-refractivity contribution in [3.8, 4) is 11.5 Å². The third-order valence-corrected chi connectivity index (χ3v) is 4.79. The Labute approximate surface area is 155 Å². The molecule has 0 spiro atoms. The summed E-state index contributed by atoms with van der Waals surface area (Å²) in [6, 6.07) is 8.96. The molecule has 0 aromatic heterocycles. The molecule has 1 aliphatic rings. The van der Waals surface area contributed by atoms with Gasteiger partial charge in [0.1, 0.15) is 5.82 Å². The molecule has 2 aromatic carbocycles. The average Bonchev–Trinajstić information content (AvgIpc) is 2.92. The molecule has 128 valence electrons. The maximum Gasteiger partial charge on any atom is 0.264 e. The highest BCUT2D eigenvalue weighted by Crippen LogP contribution is 2.37. The zero-order valence-corrected chi connectivity index (χ0v) is 15.3. The Morgan fingerprint density at radius 1 is 1.32 bits per heavy atom. The molecule has 8 heteroatoms. The van der Waals surface area contributed by atoms with Crippen LogP contribution in [-0.4, -0.2) is 23.3 Å². The van der Waals surface area contributed by atoms with Crippen LogP contribution < -0.4 is 10.1 Å². The Morgan fingerprint density at radius 2 is 2.04 bits per heavy atom. The minimum atomic E-state index is -0.348. The average molecular weight is 423 g/mol. The summed E-state index contributed by atoms with van der Waals surface area (Å²) in [5.41, 5.74) is 1.22. The molecule has 1 aliphatic heterocycles. The van der Waals surface area contributed by atoms with Crippen LogP contribution in [0.5, 0.6) is 11.5 Å². The van der Waals surface area contributed by atoms with E-state index in [1.807, 2.05) is 0 Å². The third kappa shape index (κ3) is 4.02. The van der Waals surface area contributed by atoms with E-state index < -0.39 is 0 Å². The highest BCUT2D eigenvalue weighted by Gasteiger charge is 2.24. The first kappa shape index (κ1) is 17.5. The van der Waals surface area contributed by atoms with Crippen LogP contribution in [0.2, 0.25) is 0 Å². The highest BCUT2D eigenvalue weighted by atomic mass is 79.9. The molecule has 0 aliphatic carbocycles. The molecule has 0 radical (unpaired) electrons. The quantitative estimate of drug-likeness (QED) is 0.727. The summed E-state index contributed by atoms with van der Waals surface area (Å²) < 4.78 is 18.5. The molecule has 0 unspecified atom stereocenters. The second-order valence-corrected chi connectivity index (χ2v) is 6.90. The molecule has 0 saturated carbocycles. The van der Waals surface area contributed by atoms with Crippen LogP contribution in [0.15, 0.2) is 50.8 Å². The van der Waals surface area contributed by atoms with Crippen molar-refractivity contribution in [3.05, 3.63) is 57.2 Å². The van der Waals surface area contributed by atoms with Gasteiger partial charge in [0.25, 0.3) is 5.91 Å². The van der Waals surface area contributed by atoms with Gasteiger partial charge >= 0.3 is 0 Å². The number of rotatable bonds is 3. The van der Waals surface area contributed by atoms with Crippen LogP contribution in [0.25, 0.3) is 6.08 Å². The minimum Gasteiger partial charge on any atom is -0.503 e. The number of hydrogen-bond donors (Lipinski definition) is 2. The Balaban J connectivity index is 1.86. The number of ether oxygens (including phenoxy) is 1. The first-order chi connectivity index (χ1) is 12.0. The number of amides is 1. The van der Waals surface area contributed by atoms with Gasteiger partial charge < -0.3 is 15.2 Å². The van der Waals surface area contributed by atoms with E-state index in [9.17, 15) is 14.3 Å². The van der Waals surface area contributed by atoms with E-state index in [2.05, 4.69) is 26.2 Å². The van der Waals surface area contributed by atoms with E-state index in [4.69, 9.17) is 4.74 Å². The highest BCUT2D eigenvalue weighted by molar-refractivity contribution is 9.10. The fourth-order valence-electron chi connectivity index (χ4n) is 2.10. The minimum absolute atomic E-state index is 0.00765. The summed E-state index contributed by atoms with van der Waals surface area (Å²) in [6.07, 6.45) is 1.67. The molecule has 1 amide bonds. The number of benzene rings is 2. The van der Waals surface area contributed by atoms with Crippen molar-refractivity contribution in [3.63, 3.8) is 0 Å². The molecule has 5 nitrogen and oxygen atoms in total. The number of nitrogens with zero attached hydrogens (tertiary/aromatic N) is 1. The number of thioether (sulfide) groups is 1. The second kappa shape index (κ2) is 7.28. The molecule has 1 saturated heterocycles. The molecule has 1 fully saturated rings. The van der Waals surface area contributed by atoms with Crippen molar-refractivity contribution in [1.82, 2.24) is 5.32 Å². The predicted molar refractivity (Wildman–Crippen MR) is 99.6 cm³/mol. The Hall–Kier alpha value is -2.32. The molecule has 2 N–H and O–H groups in total. The maximum absolute atomic E-state index is 12.9. The summed E-state index contributed by atoms with van der Waals surface area (Å²) in [5, 5.41) is 12.9. The summed E-state index contributed by atoms with van der Waals surface area (Å²) in [5.74, 6) is -0.343. The van der Waals surface area contributed by atoms with E-state index >= 15 is 0 Å². The van der Waals surface area contributed by atoms with Gasteiger partial charge in [0.15, 0.2) is 16.7 Å². The number of phenols is 1. The topological polar surface area (TPSA) is 70.9 Å². The Kier molecular flexibility index (Phi) is 5.10. The molecule has 3 rings (SSSR count). The number of aromatic hydroxyl groups is 1. The monoisotopic (exact) mass is 422 g/mol. The number of methoxy groups -OCH3 is 1. The number of hydrogen-bond acceptors (Lipinski definition) is 5. The molecular weight excluding hydrogens is 411 g/mol. The fraction of sp³-hybridized carbons (Fsp3) is 0.0588. The lowest BCUT2D eigenvalue weighted by Gasteiger charge is -2.06. The molecule has 25 heavy (non-hydrogen) atoms.